The molecule has 2 amide bonds. The molecule has 3 aromatic rings. The van der Waals surface area contributed by atoms with Gasteiger partial charge in [0.2, 0.25) is 0 Å². The van der Waals surface area contributed by atoms with E-state index in [0.29, 0.717) is 18.7 Å². The maximum Gasteiger partial charge on any atom is 0.255 e. The second-order valence-corrected chi connectivity index (χ2v) is 6.82. The number of amides is 2. The van der Waals surface area contributed by atoms with Crippen LogP contribution in [0.2, 0.25) is 0 Å². The smallest absolute Gasteiger partial charge is 0.255 e. The molecule has 0 aromatic heterocycles. The van der Waals surface area contributed by atoms with E-state index in [1.54, 1.807) is 9.80 Å². The van der Waals surface area contributed by atoms with Gasteiger partial charge in [-0.15, -0.1) is 0 Å². The number of para-hydroxylation sites is 1. The molecule has 0 bridgehead atoms. The number of likely N-dealkylation sites (N-methyl/N-ethyl adjacent to an activating group) is 1. The number of hydrogen-bond acceptors (Lipinski definition) is 2. The molecule has 3 aromatic carbocycles. The van der Waals surface area contributed by atoms with E-state index >= 15 is 0 Å². The minimum absolute atomic E-state index is 0.0954. The molecule has 0 N–H and O–H groups in total. The average Bonchev–Trinajstić information content (AvgIpc) is 3.07. The highest BCUT2D eigenvalue weighted by Crippen LogP contribution is 2.33. The molecule has 1 aliphatic heterocycles. The van der Waals surface area contributed by atoms with Crippen molar-refractivity contribution in [2.24, 2.45) is 0 Å². The highest BCUT2D eigenvalue weighted by atomic mass is 16.2. The Bertz CT molecular complexity index is 986. The molecule has 4 heteroatoms. The zero-order valence-electron chi connectivity index (χ0n) is 15.8. The van der Waals surface area contributed by atoms with E-state index in [9.17, 15) is 9.59 Å². The first kappa shape index (κ1) is 18.0. The van der Waals surface area contributed by atoms with Gasteiger partial charge in [0.15, 0.2) is 0 Å². The van der Waals surface area contributed by atoms with Gasteiger partial charge in [-0.3, -0.25) is 9.59 Å². The van der Waals surface area contributed by atoms with Crippen LogP contribution in [0.4, 0.5) is 5.69 Å². The first-order valence-corrected chi connectivity index (χ1v) is 9.51. The number of nitrogens with zero attached hydrogens (tertiary/aromatic N) is 2. The molecule has 1 atom stereocenters. The normalized spacial score (nSPS) is 13.9. The second-order valence-electron chi connectivity index (χ2n) is 6.82. The van der Waals surface area contributed by atoms with Crippen molar-refractivity contribution < 1.29 is 9.59 Å². The Morgan fingerprint density at radius 2 is 1.54 bits per heavy atom. The summed E-state index contributed by atoms with van der Waals surface area (Å²) in [6.45, 7) is 2.92. The number of hydrogen-bond donors (Lipinski definition) is 0. The Hall–Kier alpha value is -3.40. The quantitative estimate of drug-likeness (QED) is 0.666. The highest BCUT2D eigenvalue weighted by Gasteiger charge is 2.39. The lowest BCUT2D eigenvalue weighted by molar-refractivity contribution is -0.123. The van der Waals surface area contributed by atoms with E-state index in [0.717, 1.165) is 16.8 Å². The fraction of sp³-hybridized carbons (Fsp3) is 0.167. The number of carbonyl (C=O) groups excluding carboxylic acids is 2. The fourth-order valence-electron chi connectivity index (χ4n) is 3.80. The molecule has 0 fully saturated rings. The zero-order valence-corrected chi connectivity index (χ0v) is 15.8. The summed E-state index contributed by atoms with van der Waals surface area (Å²) >= 11 is 0. The number of anilines is 1. The number of carbonyl (C=O) groups is 2. The van der Waals surface area contributed by atoms with Crippen LogP contribution in [0.1, 0.15) is 34.5 Å². The van der Waals surface area contributed by atoms with Crippen molar-refractivity contribution in [3.8, 4) is 0 Å². The van der Waals surface area contributed by atoms with Gasteiger partial charge < -0.3 is 9.80 Å². The summed E-state index contributed by atoms with van der Waals surface area (Å²) in [5.41, 5.74) is 3.30. The maximum absolute atomic E-state index is 13.7. The molecular formula is C24H22N2O2. The highest BCUT2D eigenvalue weighted by molar-refractivity contribution is 6.04. The zero-order chi connectivity index (χ0) is 19.5. The van der Waals surface area contributed by atoms with E-state index in [4.69, 9.17) is 0 Å². The molecule has 0 radical (unpaired) electrons. The lowest BCUT2D eigenvalue weighted by Crippen LogP contribution is -2.43. The Morgan fingerprint density at radius 1 is 0.929 bits per heavy atom. The summed E-state index contributed by atoms with van der Waals surface area (Å²) in [7, 11) is 0. The van der Waals surface area contributed by atoms with Crippen LogP contribution in [0.3, 0.4) is 0 Å². The molecule has 0 saturated heterocycles. The molecule has 28 heavy (non-hydrogen) atoms. The van der Waals surface area contributed by atoms with E-state index in [1.807, 2.05) is 91.9 Å². The van der Waals surface area contributed by atoms with Gasteiger partial charge in [-0.25, -0.2) is 0 Å². The molecule has 0 saturated carbocycles. The number of fused-ring (bicyclic) bond motifs is 1. The lowest BCUT2D eigenvalue weighted by atomic mass is 10.0. The molecule has 4 rings (SSSR count). The molecule has 4 nitrogen and oxygen atoms in total. The Morgan fingerprint density at radius 3 is 2.18 bits per heavy atom. The SMILES string of the molecule is CCN(C(=O)C(c1ccccc1)N1Cc2ccccc2C1=O)c1ccccc1. The van der Waals surface area contributed by atoms with Gasteiger partial charge in [-0.1, -0.05) is 66.7 Å². The summed E-state index contributed by atoms with van der Waals surface area (Å²) in [6, 6.07) is 26.1. The van der Waals surface area contributed by atoms with E-state index in [-0.39, 0.29) is 11.8 Å². The minimum Gasteiger partial charge on any atom is -0.318 e. The monoisotopic (exact) mass is 370 g/mol. The second kappa shape index (κ2) is 7.69. The van der Waals surface area contributed by atoms with Crippen LogP contribution in [-0.4, -0.2) is 23.3 Å². The van der Waals surface area contributed by atoms with Crippen LogP contribution in [0, 0.1) is 0 Å². The summed E-state index contributed by atoms with van der Waals surface area (Å²) in [6.07, 6.45) is 0. The summed E-state index contributed by atoms with van der Waals surface area (Å²) in [5, 5.41) is 0. The van der Waals surface area contributed by atoms with Gasteiger partial charge in [-0.05, 0) is 36.2 Å². The van der Waals surface area contributed by atoms with Gasteiger partial charge in [-0.2, -0.15) is 0 Å². The molecule has 0 spiro atoms. The van der Waals surface area contributed by atoms with Crippen LogP contribution >= 0.6 is 0 Å². The van der Waals surface area contributed by atoms with Crippen molar-refractivity contribution in [2.45, 2.75) is 19.5 Å². The Labute approximate surface area is 165 Å². The molecule has 1 heterocycles. The fourth-order valence-corrected chi connectivity index (χ4v) is 3.80. The first-order chi connectivity index (χ1) is 13.7. The molecular weight excluding hydrogens is 348 g/mol. The third-order valence-corrected chi connectivity index (χ3v) is 5.16. The van der Waals surface area contributed by atoms with Crippen LogP contribution in [-0.2, 0) is 11.3 Å². The number of benzene rings is 3. The standard InChI is InChI=1S/C24H22N2O2/c1-2-25(20-14-7-4-8-15-20)24(28)22(18-11-5-3-6-12-18)26-17-19-13-9-10-16-21(19)23(26)27/h3-16,22H,2,17H2,1H3. The summed E-state index contributed by atoms with van der Waals surface area (Å²) in [4.78, 5) is 30.2. The van der Waals surface area contributed by atoms with E-state index < -0.39 is 6.04 Å². The van der Waals surface area contributed by atoms with Gasteiger partial charge in [0, 0.05) is 24.3 Å². The van der Waals surface area contributed by atoms with Gasteiger partial charge in [0.05, 0.1) is 0 Å². The topological polar surface area (TPSA) is 40.6 Å². The van der Waals surface area contributed by atoms with Crippen molar-refractivity contribution in [1.82, 2.24) is 4.90 Å². The summed E-state index contributed by atoms with van der Waals surface area (Å²) < 4.78 is 0. The third-order valence-electron chi connectivity index (χ3n) is 5.16. The Balaban J connectivity index is 1.75. The maximum atomic E-state index is 13.7. The largest absolute Gasteiger partial charge is 0.318 e. The van der Waals surface area contributed by atoms with Crippen LogP contribution in [0.5, 0.6) is 0 Å². The van der Waals surface area contributed by atoms with E-state index in [2.05, 4.69) is 0 Å². The van der Waals surface area contributed by atoms with Crippen molar-refractivity contribution in [3.05, 3.63) is 102 Å². The van der Waals surface area contributed by atoms with Crippen molar-refractivity contribution >= 4 is 17.5 Å². The minimum atomic E-state index is -0.666. The molecule has 140 valence electrons. The predicted octanol–water partition coefficient (Wildman–Crippen LogP) is 4.44. The van der Waals surface area contributed by atoms with Gasteiger partial charge in [0.1, 0.15) is 6.04 Å². The molecule has 0 aliphatic carbocycles. The summed E-state index contributed by atoms with van der Waals surface area (Å²) in [5.74, 6) is -0.192. The Kier molecular flexibility index (Phi) is 4.94. The average molecular weight is 370 g/mol. The lowest BCUT2D eigenvalue weighted by Gasteiger charge is -2.32. The molecule has 1 unspecified atom stereocenters. The van der Waals surface area contributed by atoms with Gasteiger partial charge >= 0.3 is 0 Å². The first-order valence-electron chi connectivity index (χ1n) is 9.51. The van der Waals surface area contributed by atoms with Crippen LogP contribution in [0.15, 0.2) is 84.9 Å². The van der Waals surface area contributed by atoms with Gasteiger partial charge in [0.25, 0.3) is 11.8 Å². The van der Waals surface area contributed by atoms with Crippen LogP contribution in [0.25, 0.3) is 0 Å². The van der Waals surface area contributed by atoms with Crippen molar-refractivity contribution in [1.29, 1.82) is 0 Å². The van der Waals surface area contributed by atoms with Crippen LogP contribution < -0.4 is 4.90 Å². The molecule has 1 aliphatic rings. The third kappa shape index (κ3) is 3.18. The van der Waals surface area contributed by atoms with Crippen molar-refractivity contribution in [2.75, 3.05) is 11.4 Å². The predicted molar refractivity (Wildman–Crippen MR) is 110 cm³/mol. The van der Waals surface area contributed by atoms with E-state index in [1.165, 1.54) is 0 Å². The number of rotatable bonds is 5. The van der Waals surface area contributed by atoms with Crippen molar-refractivity contribution in [3.63, 3.8) is 0 Å².